The van der Waals surface area contributed by atoms with Gasteiger partial charge in [-0.3, -0.25) is 4.79 Å². The number of halogens is 1. The van der Waals surface area contributed by atoms with Gasteiger partial charge in [-0.25, -0.2) is 12.8 Å². The number of sulfonamides is 1. The fraction of sp³-hybridized carbons (Fsp3) is 0.192. The number of anilines is 1. The molecule has 0 spiro atoms. The minimum atomic E-state index is -3.70. The van der Waals surface area contributed by atoms with Crippen LogP contribution in [0.4, 0.5) is 10.1 Å². The van der Waals surface area contributed by atoms with E-state index in [9.17, 15) is 17.6 Å². The highest BCUT2D eigenvalue weighted by molar-refractivity contribution is 7.89. The first kappa shape index (κ1) is 22.7. The van der Waals surface area contributed by atoms with E-state index >= 15 is 0 Å². The summed E-state index contributed by atoms with van der Waals surface area (Å²) in [5.74, 6) is 5.28. The largest absolute Gasteiger partial charge is 0.326 e. The average Bonchev–Trinajstić information content (AvgIpc) is 2.84. The number of benzene rings is 3. The number of piperidine rings is 1. The van der Waals surface area contributed by atoms with Crippen molar-refractivity contribution in [3.05, 3.63) is 95.8 Å². The molecule has 3 aromatic carbocycles. The molecule has 33 heavy (non-hydrogen) atoms. The number of amides is 1. The summed E-state index contributed by atoms with van der Waals surface area (Å²) >= 11 is 0. The molecule has 1 N–H and O–H groups in total. The highest BCUT2D eigenvalue weighted by Crippen LogP contribution is 2.25. The second-order valence-electron chi connectivity index (χ2n) is 7.82. The maximum atomic E-state index is 13.1. The maximum Gasteiger partial charge on any atom is 0.243 e. The van der Waals surface area contributed by atoms with Crippen molar-refractivity contribution in [2.75, 3.05) is 18.4 Å². The van der Waals surface area contributed by atoms with E-state index in [1.807, 2.05) is 48.5 Å². The Morgan fingerprint density at radius 2 is 1.52 bits per heavy atom. The molecule has 3 aromatic rings. The summed E-state index contributed by atoms with van der Waals surface area (Å²) in [4.78, 5) is 12.8. The first-order valence-corrected chi connectivity index (χ1v) is 12.1. The van der Waals surface area contributed by atoms with Crippen LogP contribution in [0.1, 0.15) is 24.0 Å². The van der Waals surface area contributed by atoms with Crippen LogP contribution < -0.4 is 5.32 Å². The topological polar surface area (TPSA) is 66.5 Å². The third-order valence-electron chi connectivity index (χ3n) is 5.53. The predicted octanol–water partition coefficient (Wildman–Crippen LogP) is 4.26. The van der Waals surface area contributed by atoms with Crippen LogP contribution in [-0.2, 0) is 14.8 Å². The minimum Gasteiger partial charge on any atom is -0.326 e. The monoisotopic (exact) mass is 462 g/mol. The molecule has 1 aliphatic rings. The normalized spacial score (nSPS) is 14.8. The Bertz CT molecular complexity index is 1290. The van der Waals surface area contributed by atoms with Crippen molar-refractivity contribution < 1.29 is 17.6 Å². The van der Waals surface area contributed by atoms with Crippen LogP contribution in [0.2, 0.25) is 0 Å². The highest BCUT2D eigenvalue weighted by atomic mass is 32.2. The number of hydrogen-bond acceptors (Lipinski definition) is 3. The van der Waals surface area contributed by atoms with E-state index < -0.39 is 15.8 Å². The van der Waals surface area contributed by atoms with Gasteiger partial charge in [0.15, 0.2) is 0 Å². The van der Waals surface area contributed by atoms with Crippen molar-refractivity contribution in [2.45, 2.75) is 17.7 Å². The van der Waals surface area contributed by atoms with Gasteiger partial charge in [0.1, 0.15) is 5.82 Å². The Morgan fingerprint density at radius 3 is 2.21 bits per heavy atom. The lowest BCUT2D eigenvalue weighted by molar-refractivity contribution is -0.120. The standard InChI is InChI=1S/C26H23FN2O3S/c27-23-11-13-25(14-12-23)33(31,32)29-17-15-22(16-18-29)26(30)28-24-8-4-7-21(19-24)10-9-20-5-2-1-3-6-20/h1-8,11-14,19,22H,15-18H2,(H,28,30). The predicted molar refractivity (Wildman–Crippen MR) is 125 cm³/mol. The SMILES string of the molecule is O=C(Nc1cccc(C#Cc2ccccc2)c1)C1CCN(S(=O)(=O)c2ccc(F)cc2)CC1. The maximum absolute atomic E-state index is 13.1. The Labute approximate surface area is 193 Å². The molecule has 0 saturated carbocycles. The molecule has 0 aliphatic carbocycles. The fourth-order valence-electron chi connectivity index (χ4n) is 3.70. The summed E-state index contributed by atoms with van der Waals surface area (Å²) in [6.07, 6.45) is 0.833. The van der Waals surface area contributed by atoms with Crippen molar-refractivity contribution >= 4 is 21.6 Å². The van der Waals surface area contributed by atoms with E-state index in [1.54, 1.807) is 6.07 Å². The molecule has 1 heterocycles. The minimum absolute atomic E-state index is 0.0558. The zero-order chi connectivity index (χ0) is 23.3. The van der Waals surface area contributed by atoms with Crippen molar-refractivity contribution in [3.63, 3.8) is 0 Å². The van der Waals surface area contributed by atoms with Gasteiger partial charge in [-0.1, -0.05) is 36.1 Å². The van der Waals surface area contributed by atoms with Gasteiger partial charge < -0.3 is 5.32 Å². The highest BCUT2D eigenvalue weighted by Gasteiger charge is 2.32. The number of nitrogens with zero attached hydrogens (tertiary/aromatic N) is 1. The lowest BCUT2D eigenvalue weighted by Gasteiger charge is -2.30. The van der Waals surface area contributed by atoms with Gasteiger partial charge in [-0.05, 0) is 67.4 Å². The molecule has 0 radical (unpaired) electrons. The number of carbonyl (C=O) groups excluding carboxylic acids is 1. The molecule has 4 rings (SSSR count). The molecule has 1 amide bonds. The van der Waals surface area contributed by atoms with Crippen LogP contribution in [0.15, 0.2) is 83.8 Å². The summed E-state index contributed by atoms with van der Waals surface area (Å²) in [7, 11) is -3.70. The first-order valence-electron chi connectivity index (χ1n) is 10.7. The molecule has 1 saturated heterocycles. The van der Waals surface area contributed by atoms with Crippen LogP contribution >= 0.6 is 0 Å². The first-order chi connectivity index (χ1) is 15.9. The van der Waals surface area contributed by atoms with E-state index in [0.717, 1.165) is 23.3 Å². The molecule has 0 bridgehead atoms. The lowest BCUT2D eigenvalue weighted by atomic mass is 9.97. The Hall–Kier alpha value is -3.47. The molecule has 168 valence electrons. The molecular weight excluding hydrogens is 439 g/mol. The van der Waals surface area contributed by atoms with Gasteiger partial charge in [0.05, 0.1) is 4.90 Å². The number of hydrogen-bond donors (Lipinski definition) is 1. The second kappa shape index (κ2) is 9.99. The van der Waals surface area contributed by atoms with Crippen LogP contribution in [0.3, 0.4) is 0 Å². The number of nitrogens with one attached hydrogen (secondary N) is 1. The summed E-state index contributed by atoms with van der Waals surface area (Å²) in [6.45, 7) is 0.473. The van der Waals surface area contributed by atoms with Crippen molar-refractivity contribution in [1.82, 2.24) is 4.31 Å². The number of rotatable bonds is 4. The van der Waals surface area contributed by atoms with Crippen molar-refractivity contribution in [1.29, 1.82) is 0 Å². The molecule has 0 unspecified atom stereocenters. The van der Waals surface area contributed by atoms with Crippen LogP contribution in [0.5, 0.6) is 0 Å². The smallest absolute Gasteiger partial charge is 0.243 e. The summed E-state index contributed by atoms with van der Waals surface area (Å²) < 4.78 is 40.0. The van der Waals surface area contributed by atoms with E-state index in [4.69, 9.17) is 0 Å². The van der Waals surface area contributed by atoms with Gasteiger partial charge in [0, 0.05) is 35.8 Å². The van der Waals surface area contributed by atoms with E-state index in [-0.39, 0.29) is 29.8 Å². The molecule has 0 atom stereocenters. The molecule has 1 aliphatic heterocycles. The van der Waals surface area contributed by atoms with Gasteiger partial charge >= 0.3 is 0 Å². The van der Waals surface area contributed by atoms with Crippen LogP contribution in [0, 0.1) is 23.6 Å². The van der Waals surface area contributed by atoms with E-state index in [2.05, 4.69) is 17.2 Å². The fourth-order valence-corrected chi connectivity index (χ4v) is 5.17. The van der Waals surface area contributed by atoms with Gasteiger partial charge in [-0.15, -0.1) is 0 Å². The zero-order valence-electron chi connectivity index (χ0n) is 17.9. The van der Waals surface area contributed by atoms with Gasteiger partial charge in [-0.2, -0.15) is 4.31 Å². The third kappa shape index (κ3) is 5.67. The molecule has 0 aromatic heterocycles. The second-order valence-corrected chi connectivity index (χ2v) is 9.76. The zero-order valence-corrected chi connectivity index (χ0v) is 18.7. The van der Waals surface area contributed by atoms with Crippen molar-refractivity contribution in [3.8, 4) is 11.8 Å². The molecular formula is C26H23FN2O3S. The quantitative estimate of drug-likeness (QED) is 0.589. The molecule has 7 heteroatoms. The van der Waals surface area contributed by atoms with Crippen LogP contribution in [0.25, 0.3) is 0 Å². The molecule has 5 nitrogen and oxygen atoms in total. The van der Waals surface area contributed by atoms with Gasteiger partial charge in [0.25, 0.3) is 0 Å². The Morgan fingerprint density at radius 1 is 0.879 bits per heavy atom. The average molecular weight is 463 g/mol. The summed E-state index contributed by atoms with van der Waals surface area (Å²) in [5.41, 5.74) is 2.35. The number of carbonyl (C=O) groups is 1. The summed E-state index contributed by atoms with van der Waals surface area (Å²) in [6, 6.07) is 21.8. The van der Waals surface area contributed by atoms with E-state index in [0.29, 0.717) is 18.5 Å². The van der Waals surface area contributed by atoms with Crippen LogP contribution in [-0.4, -0.2) is 31.7 Å². The van der Waals surface area contributed by atoms with E-state index in [1.165, 1.54) is 16.4 Å². The Balaban J connectivity index is 1.36. The van der Waals surface area contributed by atoms with Crippen molar-refractivity contribution in [2.24, 2.45) is 5.92 Å². The lowest BCUT2D eigenvalue weighted by Crippen LogP contribution is -2.41. The molecule has 1 fully saturated rings. The summed E-state index contributed by atoms with van der Waals surface area (Å²) in [5, 5.41) is 2.93. The Kier molecular flexibility index (Phi) is 6.87. The van der Waals surface area contributed by atoms with Gasteiger partial charge in [0.2, 0.25) is 15.9 Å². The third-order valence-corrected chi connectivity index (χ3v) is 7.44.